The van der Waals surface area contributed by atoms with Gasteiger partial charge in [0.1, 0.15) is 18.5 Å². The normalized spacial score (nSPS) is 13.8. The van der Waals surface area contributed by atoms with E-state index in [4.69, 9.17) is 4.74 Å². The summed E-state index contributed by atoms with van der Waals surface area (Å²) < 4.78 is 5.91. The summed E-state index contributed by atoms with van der Waals surface area (Å²) in [7, 11) is 2.01. The van der Waals surface area contributed by atoms with E-state index < -0.39 is 6.10 Å². The summed E-state index contributed by atoms with van der Waals surface area (Å²) in [5.41, 5.74) is 4.63. The zero-order chi connectivity index (χ0) is 17.7. The van der Waals surface area contributed by atoms with Gasteiger partial charge in [0, 0.05) is 25.0 Å². The molecule has 0 radical (unpaired) electrons. The highest BCUT2D eigenvalue weighted by Crippen LogP contribution is 2.26. The van der Waals surface area contributed by atoms with Gasteiger partial charge in [0.25, 0.3) is 0 Å². The van der Waals surface area contributed by atoms with Gasteiger partial charge in [-0.1, -0.05) is 12.1 Å². The van der Waals surface area contributed by atoms with Crippen molar-refractivity contribution in [1.29, 1.82) is 0 Å². The molecule has 2 unspecified atom stereocenters. The van der Waals surface area contributed by atoms with Crippen LogP contribution in [0, 0.1) is 20.8 Å². The second-order valence-electron chi connectivity index (χ2n) is 6.51. The van der Waals surface area contributed by atoms with Gasteiger partial charge in [-0.3, -0.25) is 9.88 Å². The minimum atomic E-state index is -0.543. The van der Waals surface area contributed by atoms with Gasteiger partial charge in [-0.15, -0.1) is 0 Å². The van der Waals surface area contributed by atoms with Crippen LogP contribution >= 0.6 is 0 Å². The van der Waals surface area contributed by atoms with Crippen LogP contribution in [0.3, 0.4) is 0 Å². The van der Waals surface area contributed by atoms with Crippen molar-refractivity contribution < 1.29 is 9.84 Å². The Balaban J connectivity index is 1.92. The van der Waals surface area contributed by atoms with E-state index in [2.05, 4.69) is 42.8 Å². The standard InChI is InChI=1S/C20H28N2O2/c1-14-6-7-15(2)20(16(14)3)24-13-19(23)12-22(5)17(4)18-8-10-21-11-9-18/h6-11,17,19,23H,12-13H2,1-5H3. The first-order valence-electron chi connectivity index (χ1n) is 8.38. The van der Waals surface area contributed by atoms with E-state index in [0.29, 0.717) is 13.2 Å². The van der Waals surface area contributed by atoms with Crippen molar-refractivity contribution >= 4 is 0 Å². The fraction of sp³-hybridized carbons (Fsp3) is 0.450. The van der Waals surface area contributed by atoms with Crippen LogP contribution in [0.25, 0.3) is 0 Å². The summed E-state index contributed by atoms with van der Waals surface area (Å²) >= 11 is 0. The Morgan fingerprint density at radius 3 is 2.38 bits per heavy atom. The lowest BCUT2D eigenvalue weighted by Gasteiger charge is -2.27. The molecule has 0 bridgehead atoms. The highest BCUT2D eigenvalue weighted by Gasteiger charge is 2.16. The van der Waals surface area contributed by atoms with Gasteiger partial charge in [0.2, 0.25) is 0 Å². The minimum Gasteiger partial charge on any atom is -0.490 e. The zero-order valence-corrected chi connectivity index (χ0v) is 15.3. The number of aliphatic hydroxyl groups excluding tert-OH is 1. The number of aromatic nitrogens is 1. The number of nitrogens with zero attached hydrogens (tertiary/aromatic N) is 2. The maximum atomic E-state index is 10.3. The Morgan fingerprint density at radius 1 is 1.08 bits per heavy atom. The lowest BCUT2D eigenvalue weighted by molar-refractivity contribution is 0.0649. The molecule has 0 saturated carbocycles. The van der Waals surface area contributed by atoms with Crippen LogP contribution in [0.2, 0.25) is 0 Å². The lowest BCUT2D eigenvalue weighted by atomic mass is 10.1. The molecule has 2 rings (SSSR count). The van der Waals surface area contributed by atoms with Crippen molar-refractivity contribution in [2.24, 2.45) is 0 Å². The monoisotopic (exact) mass is 328 g/mol. The first-order valence-corrected chi connectivity index (χ1v) is 8.38. The molecular weight excluding hydrogens is 300 g/mol. The van der Waals surface area contributed by atoms with Gasteiger partial charge in [-0.05, 0) is 69.1 Å². The number of ether oxygens (including phenoxy) is 1. The maximum Gasteiger partial charge on any atom is 0.125 e. The average Bonchev–Trinajstić information content (AvgIpc) is 2.58. The molecule has 24 heavy (non-hydrogen) atoms. The van der Waals surface area contributed by atoms with Crippen LogP contribution < -0.4 is 4.74 Å². The number of aryl methyl sites for hydroxylation is 2. The number of hydrogen-bond donors (Lipinski definition) is 1. The number of aliphatic hydroxyl groups is 1. The van der Waals surface area contributed by atoms with Crippen LogP contribution in [-0.4, -0.2) is 41.3 Å². The summed E-state index contributed by atoms with van der Waals surface area (Å²) in [5, 5.41) is 10.3. The number of rotatable bonds is 7. The highest BCUT2D eigenvalue weighted by atomic mass is 16.5. The smallest absolute Gasteiger partial charge is 0.125 e. The Kier molecular flexibility index (Phi) is 6.35. The predicted octanol–water partition coefficient (Wildman–Crippen LogP) is 3.44. The van der Waals surface area contributed by atoms with Crippen molar-refractivity contribution in [2.75, 3.05) is 20.2 Å². The third-order valence-corrected chi connectivity index (χ3v) is 4.64. The summed E-state index contributed by atoms with van der Waals surface area (Å²) in [6, 6.07) is 8.37. The number of hydrogen-bond acceptors (Lipinski definition) is 4. The Labute approximate surface area is 145 Å². The van der Waals surface area contributed by atoms with E-state index in [1.165, 1.54) is 11.1 Å². The molecule has 130 valence electrons. The second kappa shape index (κ2) is 8.27. The summed E-state index contributed by atoms with van der Waals surface area (Å²) in [6.07, 6.45) is 3.05. The van der Waals surface area contributed by atoms with Crippen LogP contribution in [0.1, 0.15) is 35.2 Å². The third kappa shape index (κ3) is 4.56. The first-order chi connectivity index (χ1) is 11.4. The molecular formula is C20H28N2O2. The molecule has 0 spiro atoms. The zero-order valence-electron chi connectivity index (χ0n) is 15.3. The first kappa shape index (κ1) is 18.4. The SMILES string of the molecule is Cc1ccc(C)c(OCC(O)CN(C)C(C)c2ccncc2)c1C. The number of benzene rings is 1. The fourth-order valence-electron chi connectivity index (χ4n) is 2.77. The van der Waals surface area contributed by atoms with Crippen molar-refractivity contribution in [1.82, 2.24) is 9.88 Å². The Morgan fingerprint density at radius 2 is 1.71 bits per heavy atom. The minimum absolute atomic E-state index is 0.213. The lowest BCUT2D eigenvalue weighted by Crippen LogP contribution is -2.34. The number of likely N-dealkylation sites (N-methyl/N-ethyl adjacent to an activating group) is 1. The molecule has 0 fully saturated rings. The van der Waals surface area contributed by atoms with Crippen molar-refractivity contribution in [3.8, 4) is 5.75 Å². The largest absolute Gasteiger partial charge is 0.490 e. The van der Waals surface area contributed by atoms with Gasteiger partial charge in [0.05, 0.1) is 0 Å². The molecule has 1 N–H and O–H groups in total. The van der Waals surface area contributed by atoms with E-state index in [9.17, 15) is 5.11 Å². The van der Waals surface area contributed by atoms with Gasteiger partial charge >= 0.3 is 0 Å². The van der Waals surface area contributed by atoms with Gasteiger partial charge < -0.3 is 9.84 Å². The highest BCUT2D eigenvalue weighted by molar-refractivity contribution is 5.44. The third-order valence-electron chi connectivity index (χ3n) is 4.64. The van der Waals surface area contributed by atoms with Crippen LogP contribution in [-0.2, 0) is 0 Å². The van der Waals surface area contributed by atoms with Gasteiger partial charge in [-0.2, -0.15) is 0 Å². The molecule has 4 heteroatoms. The molecule has 0 aliphatic carbocycles. The Bertz CT molecular complexity index is 658. The topological polar surface area (TPSA) is 45.6 Å². The Hall–Kier alpha value is -1.91. The summed E-state index contributed by atoms with van der Waals surface area (Å²) in [6.45, 7) is 9.12. The van der Waals surface area contributed by atoms with Crippen molar-refractivity contribution in [3.63, 3.8) is 0 Å². The molecule has 1 aromatic carbocycles. The molecule has 0 saturated heterocycles. The van der Waals surface area contributed by atoms with E-state index >= 15 is 0 Å². The predicted molar refractivity (Wildman–Crippen MR) is 97.4 cm³/mol. The van der Waals surface area contributed by atoms with Crippen molar-refractivity contribution in [2.45, 2.75) is 39.8 Å². The quantitative estimate of drug-likeness (QED) is 0.846. The maximum absolute atomic E-state index is 10.3. The molecule has 4 nitrogen and oxygen atoms in total. The van der Waals surface area contributed by atoms with Crippen LogP contribution in [0.15, 0.2) is 36.7 Å². The van der Waals surface area contributed by atoms with Gasteiger partial charge in [0.15, 0.2) is 0 Å². The molecule has 2 aromatic rings. The van der Waals surface area contributed by atoms with E-state index in [1.807, 2.05) is 26.1 Å². The van der Waals surface area contributed by atoms with Crippen LogP contribution in [0.4, 0.5) is 0 Å². The molecule has 0 aliphatic heterocycles. The van der Waals surface area contributed by atoms with Gasteiger partial charge in [-0.25, -0.2) is 0 Å². The fourth-order valence-corrected chi connectivity index (χ4v) is 2.77. The van der Waals surface area contributed by atoms with E-state index in [0.717, 1.165) is 16.9 Å². The van der Waals surface area contributed by atoms with E-state index in [1.54, 1.807) is 12.4 Å². The molecule has 0 aliphatic rings. The number of pyridine rings is 1. The van der Waals surface area contributed by atoms with Crippen molar-refractivity contribution in [3.05, 3.63) is 58.9 Å². The average molecular weight is 328 g/mol. The molecule has 1 aromatic heterocycles. The molecule has 2 atom stereocenters. The summed E-state index contributed by atoms with van der Waals surface area (Å²) in [4.78, 5) is 6.17. The van der Waals surface area contributed by atoms with Crippen LogP contribution in [0.5, 0.6) is 5.75 Å². The molecule has 1 heterocycles. The summed E-state index contributed by atoms with van der Waals surface area (Å²) in [5.74, 6) is 0.888. The molecule has 0 amide bonds. The van der Waals surface area contributed by atoms with E-state index in [-0.39, 0.29) is 6.04 Å². The second-order valence-corrected chi connectivity index (χ2v) is 6.51.